The maximum Gasteiger partial charge on any atom is 0.270 e. The number of hydrogen-bond acceptors (Lipinski definition) is 3. The van der Waals surface area contributed by atoms with Crippen molar-refractivity contribution < 1.29 is 9.66 Å². The zero-order valence-electron chi connectivity index (χ0n) is 9.27. The van der Waals surface area contributed by atoms with Crippen LogP contribution in [0.2, 0.25) is 10.0 Å². The highest BCUT2D eigenvalue weighted by Crippen LogP contribution is 2.34. The van der Waals surface area contributed by atoms with Gasteiger partial charge in [0.1, 0.15) is 11.5 Å². The molecule has 0 N–H and O–H groups in total. The average molecular weight is 363 g/mol. The lowest BCUT2D eigenvalue weighted by atomic mass is 10.3. The summed E-state index contributed by atoms with van der Waals surface area (Å²) in [6.07, 6.45) is 0. The average Bonchev–Trinajstić information content (AvgIpc) is 2.30. The fourth-order valence-corrected chi connectivity index (χ4v) is 2.35. The Morgan fingerprint density at radius 2 is 1.74 bits per heavy atom. The first-order valence-electron chi connectivity index (χ1n) is 5.03. The third-order valence-electron chi connectivity index (χ3n) is 2.19. The van der Waals surface area contributed by atoms with Crippen LogP contribution in [-0.2, 0) is 0 Å². The van der Waals surface area contributed by atoms with Gasteiger partial charge in [0.05, 0.1) is 9.40 Å². The van der Waals surface area contributed by atoms with Crippen LogP contribution in [0.15, 0.2) is 40.9 Å². The minimum Gasteiger partial charge on any atom is -0.456 e. The number of nitrogens with zero attached hydrogens (tertiary/aromatic N) is 1. The van der Waals surface area contributed by atoms with E-state index in [0.29, 0.717) is 26.0 Å². The second kappa shape index (κ2) is 5.77. The number of nitro benzene ring substituents is 1. The first kappa shape index (κ1) is 14.1. The summed E-state index contributed by atoms with van der Waals surface area (Å²) in [5.41, 5.74) is -0.0247. The first-order valence-corrected chi connectivity index (χ1v) is 6.58. The van der Waals surface area contributed by atoms with E-state index in [-0.39, 0.29) is 5.69 Å². The number of ether oxygens (including phenoxy) is 1. The molecule has 7 heteroatoms. The van der Waals surface area contributed by atoms with Crippen molar-refractivity contribution in [1.29, 1.82) is 0 Å². The molecule has 4 nitrogen and oxygen atoms in total. The number of non-ortho nitro benzene ring substituents is 1. The SMILES string of the molecule is O=[N+]([O-])c1ccc(Oc2cc(Cl)cc(Cl)c2)c(Br)c1. The number of rotatable bonds is 3. The van der Waals surface area contributed by atoms with E-state index < -0.39 is 4.92 Å². The predicted molar refractivity (Wildman–Crippen MR) is 77.3 cm³/mol. The van der Waals surface area contributed by atoms with Crippen molar-refractivity contribution in [2.75, 3.05) is 0 Å². The van der Waals surface area contributed by atoms with Crippen molar-refractivity contribution in [3.63, 3.8) is 0 Å². The molecule has 0 aliphatic carbocycles. The van der Waals surface area contributed by atoms with E-state index in [4.69, 9.17) is 27.9 Å². The minimum atomic E-state index is -0.481. The number of halogens is 3. The van der Waals surface area contributed by atoms with Gasteiger partial charge in [0, 0.05) is 22.2 Å². The lowest BCUT2D eigenvalue weighted by molar-refractivity contribution is -0.384. The van der Waals surface area contributed by atoms with Crippen molar-refractivity contribution >= 4 is 44.8 Å². The summed E-state index contributed by atoms with van der Waals surface area (Å²) in [5, 5.41) is 11.5. The van der Waals surface area contributed by atoms with E-state index in [1.165, 1.54) is 18.2 Å². The van der Waals surface area contributed by atoms with Crippen molar-refractivity contribution in [2.24, 2.45) is 0 Å². The number of nitro groups is 1. The Kier molecular flexibility index (Phi) is 4.29. The summed E-state index contributed by atoms with van der Waals surface area (Å²) in [6.45, 7) is 0. The Labute approximate surface area is 127 Å². The molecular formula is C12H6BrCl2NO3. The molecule has 2 rings (SSSR count). The Morgan fingerprint density at radius 3 is 2.26 bits per heavy atom. The van der Waals surface area contributed by atoms with Crippen LogP contribution in [0.4, 0.5) is 5.69 Å². The molecule has 0 unspecified atom stereocenters. The van der Waals surface area contributed by atoms with Crippen molar-refractivity contribution in [2.45, 2.75) is 0 Å². The van der Waals surface area contributed by atoms with Crippen LogP contribution in [0, 0.1) is 10.1 Å². The zero-order chi connectivity index (χ0) is 14.0. The highest BCUT2D eigenvalue weighted by atomic mass is 79.9. The summed E-state index contributed by atoms with van der Waals surface area (Å²) >= 11 is 14.9. The van der Waals surface area contributed by atoms with Crippen LogP contribution in [0.25, 0.3) is 0 Å². The van der Waals surface area contributed by atoms with Gasteiger partial charge >= 0.3 is 0 Å². The number of benzene rings is 2. The molecule has 0 saturated carbocycles. The van der Waals surface area contributed by atoms with E-state index in [2.05, 4.69) is 15.9 Å². The molecule has 0 atom stereocenters. The largest absolute Gasteiger partial charge is 0.456 e. The van der Waals surface area contributed by atoms with Gasteiger partial charge in [-0.2, -0.15) is 0 Å². The molecule has 0 bridgehead atoms. The lowest BCUT2D eigenvalue weighted by Crippen LogP contribution is -1.90. The molecule has 0 heterocycles. The monoisotopic (exact) mass is 361 g/mol. The molecule has 0 aromatic heterocycles. The van der Waals surface area contributed by atoms with E-state index in [1.807, 2.05) is 0 Å². The second-order valence-corrected chi connectivity index (χ2v) is 5.31. The standard InChI is InChI=1S/C12H6BrCl2NO3/c13-11-6-9(16(17)18)1-2-12(11)19-10-4-7(14)3-8(15)5-10/h1-6H. The van der Waals surface area contributed by atoms with E-state index in [0.717, 1.165) is 0 Å². The summed E-state index contributed by atoms with van der Waals surface area (Å²) in [7, 11) is 0. The molecule has 2 aromatic carbocycles. The number of hydrogen-bond donors (Lipinski definition) is 0. The highest BCUT2D eigenvalue weighted by molar-refractivity contribution is 9.10. The topological polar surface area (TPSA) is 52.4 Å². The fraction of sp³-hybridized carbons (Fsp3) is 0. The fourth-order valence-electron chi connectivity index (χ4n) is 1.40. The summed E-state index contributed by atoms with van der Waals surface area (Å²) < 4.78 is 6.04. The van der Waals surface area contributed by atoms with Crippen molar-refractivity contribution in [3.8, 4) is 11.5 Å². The van der Waals surface area contributed by atoms with Gasteiger partial charge in [-0.15, -0.1) is 0 Å². The van der Waals surface area contributed by atoms with Crippen molar-refractivity contribution in [1.82, 2.24) is 0 Å². The zero-order valence-corrected chi connectivity index (χ0v) is 12.4. The van der Waals surface area contributed by atoms with E-state index >= 15 is 0 Å². The molecule has 0 aliphatic rings. The van der Waals surface area contributed by atoms with Gasteiger partial charge in [0.15, 0.2) is 0 Å². The Bertz CT molecular complexity index is 629. The van der Waals surface area contributed by atoms with Crippen LogP contribution >= 0.6 is 39.1 Å². The van der Waals surface area contributed by atoms with Crippen LogP contribution in [0.5, 0.6) is 11.5 Å². The molecule has 0 radical (unpaired) electrons. The molecule has 19 heavy (non-hydrogen) atoms. The Balaban J connectivity index is 2.30. The molecular weight excluding hydrogens is 357 g/mol. The van der Waals surface area contributed by atoms with Gasteiger partial charge in [-0.05, 0) is 40.2 Å². The quantitative estimate of drug-likeness (QED) is 0.538. The van der Waals surface area contributed by atoms with Crippen molar-refractivity contribution in [3.05, 3.63) is 61.0 Å². The molecule has 0 saturated heterocycles. The lowest BCUT2D eigenvalue weighted by Gasteiger charge is -2.08. The van der Waals surface area contributed by atoms with Crippen LogP contribution in [-0.4, -0.2) is 4.92 Å². The maximum absolute atomic E-state index is 10.6. The Hall–Kier alpha value is -1.30. The second-order valence-electron chi connectivity index (χ2n) is 3.58. The highest BCUT2D eigenvalue weighted by Gasteiger charge is 2.11. The van der Waals surface area contributed by atoms with Gasteiger partial charge in [0.2, 0.25) is 0 Å². The van der Waals surface area contributed by atoms with Gasteiger partial charge in [-0.3, -0.25) is 10.1 Å². The summed E-state index contributed by atoms with van der Waals surface area (Å²) in [4.78, 5) is 10.1. The minimum absolute atomic E-state index is 0.0247. The predicted octanol–water partition coefficient (Wildman–Crippen LogP) is 5.46. The third-order valence-corrected chi connectivity index (χ3v) is 3.25. The summed E-state index contributed by atoms with van der Waals surface area (Å²) in [5.74, 6) is 0.885. The van der Waals surface area contributed by atoms with Crippen LogP contribution in [0.1, 0.15) is 0 Å². The third kappa shape index (κ3) is 3.59. The molecule has 98 valence electrons. The smallest absolute Gasteiger partial charge is 0.270 e. The molecule has 2 aromatic rings. The first-order chi connectivity index (χ1) is 8.95. The molecule has 0 amide bonds. The van der Waals surface area contributed by atoms with Gasteiger partial charge in [0.25, 0.3) is 5.69 Å². The normalized spacial score (nSPS) is 10.3. The molecule has 0 fully saturated rings. The van der Waals surface area contributed by atoms with Gasteiger partial charge in [-0.1, -0.05) is 23.2 Å². The van der Waals surface area contributed by atoms with Crippen LogP contribution in [0.3, 0.4) is 0 Å². The van der Waals surface area contributed by atoms with E-state index in [1.54, 1.807) is 18.2 Å². The molecule has 0 aliphatic heterocycles. The van der Waals surface area contributed by atoms with Gasteiger partial charge in [-0.25, -0.2) is 0 Å². The maximum atomic E-state index is 10.6. The van der Waals surface area contributed by atoms with Gasteiger partial charge < -0.3 is 4.74 Å². The Morgan fingerprint density at radius 1 is 1.11 bits per heavy atom. The van der Waals surface area contributed by atoms with Crippen LogP contribution < -0.4 is 4.74 Å². The molecule has 0 spiro atoms. The van der Waals surface area contributed by atoms with E-state index in [9.17, 15) is 10.1 Å². The summed E-state index contributed by atoms with van der Waals surface area (Å²) in [6, 6.07) is 8.99.